The molecule has 0 unspecified atom stereocenters. The van der Waals surface area contributed by atoms with Crippen LogP contribution < -0.4 is 10.6 Å². The molecule has 0 saturated heterocycles. The van der Waals surface area contributed by atoms with Crippen molar-refractivity contribution in [2.75, 3.05) is 16.4 Å². The minimum atomic E-state index is -3.70. The number of benzene rings is 2. The number of aryl methyl sites for hydroxylation is 2. The Kier molecular flexibility index (Phi) is 6.05. The van der Waals surface area contributed by atoms with Gasteiger partial charge in [-0.2, -0.15) is 0 Å². The molecule has 8 heteroatoms. The van der Waals surface area contributed by atoms with E-state index in [0.29, 0.717) is 11.4 Å². The fourth-order valence-corrected chi connectivity index (χ4v) is 5.70. The number of amides is 2. The molecule has 2 aromatic rings. The van der Waals surface area contributed by atoms with Crippen molar-refractivity contribution in [1.82, 2.24) is 0 Å². The smallest absolute Gasteiger partial charge is 0.237 e. The molecule has 1 aliphatic rings. The number of hydrogen-bond donors (Lipinski definition) is 2. The minimum Gasteiger partial charge on any atom is -0.326 e. The average Bonchev–Trinajstić information content (AvgIpc) is 2.61. The van der Waals surface area contributed by atoms with E-state index in [9.17, 15) is 18.0 Å². The Morgan fingerprint density at radius 1 is 1.17 bits per heavy atom. The monoisotopic (exact) mass is 432 g/mol. The second-order valence-corrected chi connectivity index (χ2v) is 10.9. The first kappa shape index (κ1) is 21.4. The fraction of sp³-hybridized carbons (Fsp3) is 0.333. The van der Waals surface area contributed by atoms with Gasteiger partial charge in [0.2, 0.25) is 11.8 Å². The second-order valence-electron chi connectivity index (χ2n) is 7.46. The molecule has 2 atom stereocenters. The predicted molar refractivity (Wildman–Crippen MR) is 116 cm³/mol. The van der Waals surface area contributed by atoms with E-state index in [2.05, 4.69) is 10.6 Å². The van der Waals surface area contributed by atoms with Crippen LogP contribution in [-0.4, -0.2) is 31.2 Å². The maximum Gasteiger partial charge on any atom is 0.237 e. The van der Waals surface area contributed by atoms with E-state index >= 15 is 0 Å². The number of thioether (sulfide) groups is 1. The third kappa shape index (κ3) is 5.00. The van der Waals surface area contributed by atoms with Crippen LogP contribution in [0.2, 0.25) is 0 Å². The molecule has 2 N–H and O–H groups in total. The van der Waals surface area contributed by atoms with E-state index in [0.717, 1.165) is 16.0 Å². The summed E-state index contributed by atoms with van der Waals surface area (Å²) in [5.74, 6) is -1.56. The molecule has 1 heterocycles. The molecule has 3 rings (SSSR count). The largest absolute Gasteiger partial charge is 0.326 e. The van der Waals surface area contributed by atoms with Gasteiger partial charge in [-0.1, -0.05) is 13.0 Å². The molecule has 0 saturated carbocycles. The molecule has 2 amide bonds. The zero-order valence-electron chi connectivity index (χ0n) is 16.8. The van der Waals surface area contributed by atoms with Crippen LogP contribution in [0.1, 0.15) is 25.0 Å². The third-order valence-electron chi connectivity index (χ3n) is 4.65. The van der Waals surface area contributed by atoms with E-state index in [4.69, 9.17) is 0 Å². The zero-order chi connectivity index (χ0) is 21.3. The molecule has 0 spiro atoms. The van der Waals surface area contributed by atoms with Crippen molar-refractivity contribution in [1.29, 1.82) is 0 Å². The molecule has 29 heavy (non-hydrogen) atoms. The quantitative estimate of drug-likeness (QED) is 0.750. The van der Waals surface area contributed by atoms with Crippen LogP contribution in [0, 0.1) is 19.8 Å². The SMILES string of the molecule is Cc1cc(C)cc(NC(=O)[C@@H](C)CS(=O)(=O)c2ccc3c(c2)NC(=O)[C@@H](C)S3)c1. The van der Waals surface area contributed by atoms with E-state index < -0.39 is 15.8 Å². The molecule has 2 aromatic carbocycles. The lowest BCUT2D eigenvalue weighted by Crippen LogP contribution is -2.28. The summed E-state index contributed by atoms with van der Waals surface area (Å²) in [4.78, 5) is 25.3. The van der Waals surface area contributed by atoms with Gasteiger partial charge in [0.05, 0.1) is 21.6 Å². The van der Waals surface area contributed by atoms with Crippen LogP contribution in [0.25, 0.3) is 0 Å². The Balaban J connectivity index is 1.74. The van der Waals surface area contributed by atoms with Gasteiger partial charge in [-0.05, 0) is 62.2 Å². The van der Waals surface area contributed by atoms with Gasteiger partial charge in [-0.15, -0.1) is 11.8 Å². The standard InChI is InChI=1S/C21H24N2O4S2/c1-12-7-13(2)9-16(8-12)22-20(24)14(3)11-29(26,27)17-5-6-19-18(10-17)23-21(25)15(4)28-19/h5-10,14-15H,11H2,1-4H3,(H,22,24)(H,23,25)/t14-,15+/m0/s1. The second kappa shape index (κ2) is 8.20. The Morgan fingerprint density at radius 3 is 2.48 bits per heavy atom. The first-order chi connectivity index (χ1) is 13.5. The van der Waals surface area contributed by atoms with Gasteiger partial charge in [0.15, 0.2) is 9.84 Å². The molecular weight excluding hydrogens is 408 g/mol. The summed E-state index contributed by atoms with van der Waals surface area (Å²) in [6.07, 6.45) is 0. The van der Waals surface area contributed by atoms with Crippen molar-refractivity contribution in [2.45, 2.75) is 42.7 Å². The highest BCUT2D eigenvalue weighted by Crippen LogP contribution is 2.37. The summed E-state index contributed by atoms with van der Waals surface area (Å²) in [5, 5.41) is 5.31. The van der Waals surface area contributed by atoms with Crippen LogP contribution in [0.15, 0.2) is 46.2 Å². The van der Waals surface area contributed by atoms with E-state index in [1.54, 1.807) is 19.9 Å². The number of fused-ring (bicyclic) bond motifs is 1. The summed E-state index contributed by atoms with van der Waals surface area (Å²) >= 11 is 1.39. The van der Waals surface area contributed by atoms with Gasteiger partial charge in [0.25, 0.3) is 0 Å². The topological polar surface area (TPSA) is 92.3 Å². The normalized spacial score (nSPS) is 17.2. The van der Waals surface area contributed by atoms with Crippen LogP contribution in [0.4, 0.5) is 11.4 Å². The number of nitrogens with one attached hydrogen (secondary N) is 2. The maximum atomic E-state index is 12.8. The fourth-order valence-electron chi connectivity index (χ4n) is 3.19. The van der Waals surface area contributed by atoms with Crippen molar-refractivity contribution < 1.29 is 18.0 Å². The Labute approximate surface area is 175 Å². The summed E-state index contributed by atoms with van der Waals surface area (Å²) in [6, 6.07) is 10.4. The van der Waals surface area contributed by atoms with E-state index in [1.807, 2.05) is 32.0 Å². The van der Waals surface area contributed by atoms with Gasteiger partial charge in [0.1, 0.15) is 0 Å². The number of hydrogen-bond acceptors (Lipinski definition) is 5. The molecule has 0 aliphatic carbocycles. The zero-order valence-corrected chi connectivity index (χ0v) is 18.4. The lowest BCUT2D eigenvalue weighted by atomic mass is 10.1. The highest BCUT2D eigenvalue weighted by molar-refractivity contribution is 8.01. The number of sulfone groups is 1. The van der Waals surface area contributed by atoms with E-state index in [-0.39, 0.29) is 27.7 Å². The molecule has 6 nitrogen and oxygen atoms in total. The van der Waals surface area contributed by atoms with Gasteiger partial charge in [-0.25, -0.2) is 8.42 Å². The minimum absolute atomic E-state index is 0.0951. The number of carbonyl (C=O) groups is 2. The average molecular weight is 433 g/mol. The van der Waals surface area contributed by atoms with Crippen LogP contribution in [-0.2, 0) is 19.4 Å². The van der Waals surface area contributed by atoms with Gasteiger partial charge in [0, 0.05) is 16.5 Å². The molecule has 0 aromatic heterocycles. The molecule has 0 fully saturated rings. The predicted octanol–water partition coefficient (Wildman–Crippen LogP) is 3.78. The molecule has 0 bridgehead atoms. The third-order valence-corrected chi connectivity index (χ3v) is 7.74. The first-order valence-electron chi connectivity index (χ1n) is 9.28. The Hall–Kier alpha value is -2.32. The van der Waals surface area contributed by atoms with E-state index in [1.165, 1.54) is 23.9 Å². The van der Waals surface area contributed by atoms with Crippen LogP contribution in [0.3, 0.4) is 0 Å². The molecule has 154 valence electrons. The van der Waals surface area contributed by atoms with Crippen molar-refractivity contribution in [2.24, 2.45) is 5.92 Å². The highest BCUT2D eigenvalue weighted by atomic mass is 32.2. The maximum absolute atomic E-state index is 12.8. The lowest BCUT2D eigenvalue weighted by molar-refractivity contribution is -0.119. The number of anilines is 2. The highest BCUT2D eigenvalue weighted by Gasteiger charge is 2.27. The lowest BCUT2D eigenvalue weighted by Gasteiger charge is -2.22. The van der Waals surface area contributed by atoms with Crippen molar-refractivity contribution in [3.8, 4) is 0 Å². The summed E-state index contributed by atoms with van der Waals surface area (Å²) < 4.78 is 25.7. The van der Waals surface area contributed by atoms with Crippen LogP contribution >= 0.6 is 11.8 Å². The summed E-state index contributed by atoms with van der Waals surface area (Å²) in [5.41, 5.74) is 3.18. The molecule has 1 aliphatic heterocycles. The van der Waals surface area contributed by atoms with Crippen molar-refractivity contribution in [3.63, 3.8) is 0 Å². The summed E-state index contributed by atoms with van der Waals surface area (Å²) in [7, 11) is -3.70. The van der Waals surface area contributed by atoms with Crippen molar-refractivity contribution >= 4 is 44.8 Å². The number of rotatable bonds is 5. The molecular formula is C21H24N2O4S2. The van der Waals surface area contributed by atoms with Crippen LogP contribution in [0.5, 0.6) is 0 Å². The first-order valence-corrected chi connectivity index (χ1v) is 11.8. The molecule has 0 radical (unpaired) electrons. The van der Waals surface area contributed by atoms with Gasteiger partial charge in [-0.3, -0.25) is 9.59 Å². The number of carbonyl (C=O) groups excluding carboxylic acids is 2. The van der Waals surface area contributed by atoms with Gasteiger partial charge >= 0.3 is 0 Å². The Morgan fingerprint density at radius 2 is 1.83 bits per heavy atom. The van der Waals surface area contributed by atoms with Crippen molar-refractivity contribution in [3.05, 3.63) is 47.5 Å². The summed E-state index contributed by atoms with van der Waals surface area (Å²) in [6.45, 7) is 7.26. The Bertz CT molecular complexity index is 1060. The van der Waals surface area contributed by atoms with Gasteiger partial charge < -0.3 is 10.6 Å².